The van der Waals surface area contributed by atoms with Crippen LogP contribution in [0.4, 0.5) is 0 Å². The molecule has 0 atom stereocenters. The molecule has 0 saturated carbocycles. The highest BCUT2D eigenvalue weighted by Gasteiger charge is 2.23. The highest BCUT2D eigenvalue weighted by molar-refractivity contribution is 6.89. The third kappa shape index (κ3) is 13.8. The van der Waals surface area contributed by atoms with E-state index >= 15 is 0 Å². The van der Waals surface area contributed by atoms with Crippen molar-refractivity contribution in [3.63, 3.8) is 0 Å². The van der Waals surface area contributed by atoms with Gasteiger partial charge in [-0.25, -0.2) is 0 Å². The molecule has 7 aromatic carbocycles. The molecule has 0 aromatic heterocycles. The van der Waals surface area contributed by atoms with E-state index in [0.717, 1.165) is 11.1 Å². The molecule has 0 bridgehead atoms. The quantitative estimate of drug-likeness (QED) is 0.111. The summed E-state index contributed by atoms with van der Waals surface area (Å²) < 4.78 is 0. The summed E-state index contributed by atoms with van der Waals surface area (Å²) in [5.41, 5.74) is 22.5. The minimum Gasteiger partial charge on any atom is -0.105 e. The van der Waals surface area contributed by atoms with E-state index in [2.05, 4.69) is 276 Å². The molecular formula is C64H67B. The summed E-state index contributed by atoms with van der Waals surface area (Å²) in [5, 5.41) is 0. The Morgan fingerprint density at radius 2 is 1.14 bits per heavy atom. The molecule has 0 saturated heterocycles. The van der Waals surface area contributed by atoms with Gasteiger partial charge in [0.1, 0.15) is 0 Å². The number of rotatable bonds is 7. The van der Waals surface area contributed by atoms with Crippen LogP contribution in [0, 0.1) is 41.5 Å². The Labute approximate surface area is 392 Å². The van der Waals surface area contributed by atoms with Gasteiger partial charge in [-0.05, 0) is 139 Å². The Hall–Kier alpha value is -6.96. The maximum atomic E-state index is 4.45. The van der Waals surface area contributed by atoms with Gasteiger partial charge in [0.25, 0.3) is 0 Å². The molecule has 1 aliphatic rings. The van der Waals surface area contributed by atoms with Gasteiger partial charge < -0.3 is 0 Å². The molecule has 8 rings (SSSR count). The van der Waals surface area contributed by atoms with Crippen molar-refractivity contribution in [2.45, 2.75) is 68.7 Å². The lowest BCUT2D eigenvalue weighted by Crippen LogP contribution is -2.43. The van der Waals surface area contributed by atoms with E-state index in [1.54, 1.807) is 0 Å². The van der Waals surface area contributed by atoms with Gasteiger partial charge in [-0.2, -0.15) is 0 Å². The number of aryl methyl sites for hydroxylation is 6. The zero-order chi connectivity index (χ0) is 46.7. The van der Waals surface area contributed by atoms with Crippen molar-refractivity contribution in [1.82, 2.24) is 0 Å². The maximum Gasteiger partial charge on any atom is 0.234 e. The van der Waals surface area contributed by atoms with Gasteiger partial charge in [0, 0.05) is 0 Å². The van der Waals surface area contributed by atoms with E-state index in [0.29, 0.717) is 0 Å². The summed E-state index contributed by atoms with van der Waals surface area (Å²) in [4.78, 5) is 0. The Morgan fingerprint density at radius 3 is 1.78 bits per heavy atom. The Morgan fingerprint density at radius 1 is 0.523 bits per heavy atom. The first-order chi connectivity index (χ1) is 31.5. The van der Waals surface area contributed by atoms with Crippen molar-refractivity contribution in [2.24, 2.45) is 0 Å². The second-order valence-corrected chi connectivity index (χ2v) is 16.9. The number of hydrogen-bond donors (Lipinski definition) is 0. The lowest BCUT2D eigenvalue weighted by atomic mass is 9.39. The van der Waals surface area contributed by atoms with Crippen LogP contribution in [0.25, 0.3) is 44.5 Å². The van der Waals surface area contributed by atoms with Crippen molar-refractivity contribution in [3.8, 4) is 33.4 Å². The van der Waals surface area contributed by atoms with Crippen molar-refractivity contribution in [3.05, 3.63) is 264 Å². The zero-order valence-electron chi connectivity index (χ0n) is 40.3. The van der Waals surface area contributed by atoms with Crippen molar-refractivity contribution in [2.75, 3.05) is 0 Å². The first-order valence-electron chi connectivity index (χ1n) is 23.0. The van der Waals surface area contributed by atoms with Gasteiger partial charge >= 0.3 is 0 Å². The molecule has 1 heteroatoms. The molecule has 0 radical (unpaired) electrons. The second-order valence-electron chi connectivity index (χ2n) is 16.9. The monoisotopic (exact) mass is 847 g/mol. The standard InChI is InChI=1S/C38H33B.C15H16.C8H10.C3H8/c1-5-13-30(14-6-2)34-24-35(31-17-8-7-9-18-31)26-36(25-34)39-22-11-10-16-29(4)37-27-33(20-21-38(37)39)32-19-12-15-28(3)23-32;1-11-8-9-13(3)15(10-11)14-7-5-4-6-12(14)2;1-7-5-3-4-6-8(7)2;1-3-2/h5-27H,1,4H2,2-3H3;4-10H,1-3H3;3-6H,1-2H3;3H2,1-2H3/b14-6-,16-10-,22-11-,30-13+;;;. The predicted octanol–water partition coefficient (Wildman–Crippen LogP) is 16.8. The second kappa shape index (κ2) is 24.8. The van der Waals surface area contributed by atoms with Crippen LogP contribution in [0.3, 0.4) is 0 Å². The molecule has 0 unspecified atom stereocenters. The van der Waals surface area contributed by atoms with E-state index in [1.807, 2.05) is 6.08 Å². The topological polar surface area (TPSA) is 0 Å². The summed E-state index contributed by atoms with van der Waals surface area (Å²) in [6, 6.07) is 56.6. The van der Waals surface area contributed by atoms with Crippen molar-refractivity contribution >= 4 is 28.8 Å². The molecule has 0 aliphatic carbocycles. The minimum absolute atomic E-state index is 0.0752. The molecule has 65 heavy (non-hydrogen) atoms. The van der Waals surface area contributed by atoms with Crippen molar-refractivity contribution in [1.29, 1.82) is 0 Å². The van der Waals surface area contributed by atoms with Gasteiger partial charge in [-0.1, -0.05) is 244 Å². The highest BCUT2D eigenvalue weighted by Crippen LogP contribution is 2.29. The fourth-order valence-electron chi connectivity index (χ4n) is 7.85. The lowest BCUT2D eigenvalue weighted by molar-refractivity contribution is 1.09. The zero-order valence-corrected chi connectivity index (χ0v) is 40.3. The van der Waals surface area contributed by atoms with Gasteiger partial charge in [0.05, 0.1) is 0 Å². The first-order valence-corrected chi connectivity index (χ1v) is 23.0. The highest BCUT2D eigenvalue weighted by atomic mass is 14.1. The molecule has 1 aliphatic heterocycles. The van der Waals surface area contributed by atoms with Crippen LogP contribution in [-0.4, -0.2) is 6.71 Å². The van der Waals surface area contributed by atoms with E-state index < -0.39 is 0 Å². The average molecular weight is 847 g/mol. The molecule has 1 heterocycles. The Balaban J connectivity index is 0.000000247. The normalized spacial score (nSPS) is 12.8. The van der Waals surface area contributed by atoms with Crippen LogP contribution < -0.4 is 10.9 Å². The molecular weight excluding hydrogens is 780 g/mol. The molecule has 0 spiro atoms. The lowest BCUT2D eigenvalue weighted by Gasteiger charge is -2.21. The van der Waals surface area contributed by atoms with Crippen LogP contribution in [0.2, 0.25) is 0 Å². The summed E-state index contributed by atoms with van der Waals surface area (Å²) in [5.74, 6) is 2.30. The van der Waals surface area contributed by atoms with Gasteiger partial charge in [0.2, 0.25) is 6.71 Å². The van der Waals surface area contributed by atoms with Gasteiger partial charge in [0.15, 0.2) is 0 Å². The third-order valence-corrected chi connectivity index (χ3v) is 11.5. The average Bonchev–Trinajstić information content (AvgIpc) is 3.31. The largest absolute Gasteiger partial charge is 0.234 e. The number of allylic oxidation sites excluding steroid dienone is 9. The fraction of sp³-hybridized carbons (Fsp3) is 0.156. The molecule has 0 fully saturated rings. The Kier molecular flexibility index (Phi) is 18.7. The predicted molar refractivity (Wildman–Crippen MR) is 292 cm³/mol. The third-order valence-electron chi connectivity index (χ3n) is 11.5. The molecule has 7 aromatic rings. The minimum atomic E-state index is 0.0752. The van der Waals surface area contributed by atoms with Gasteiger partial charge in [-0.3, -0.25) is 0 Å². The number of benzene rings is 7. The molecule has 0 nitrogen and oxygen atoms in total. The smallest absolute Gasteiger partial charge is 0.105 e. The van der Waals surface area contributed by atoms with E-state index in [9.17, 15) is 0 Å². The summed E-state index contributed by atoms with van der Waals surface area (Å²) in [6.07, 6.45) is 15.8. The first kappa shape index (κ1) is 49.1. The SMILES string of the molecule is C=C/C=C(\C=C/C)c1cc(B2/C=C\C=C/C(=C)c3cc(-c4cccc(C)c4)ccc32)cc(-c2ccccc2)c1.CCC.Cc1ccc(C)c(-c2ccccc2C)c1.Cc1ccccc1C. The number of hydrogen-bond acceptors (Lipinski definition) is 0. The molecule has 0 amide bonds. The van der Waals surface area contributed by atoms with Gasteiger partial charge in [-0.15, -0.1) is 5.98 Å². The fourth-order valence-corrected chi connectivity index (χ4v) is 7.85. The van der Waals surface area contributed by atoms with E-state index in [1.165, 1.54) is 95.2 Å². The van der Waals surface area contributed by atoms with Crippen LogP contribution in [0.1, 0.15) is 71.7 Å². The molecule has 326 valence electrons. The summed E-state index contributed by atoms with van der Waals surface area (Å²) in [6.45, 7) is 27.6. The summed E-state index contributed by atoms with van der Waals surface area (Å²) in [7, 11) is 0. The van der Waals surface area contributed by atoms with Crippen molar-refractivity contribution < 1.29 is 0 Å². The number of fused-ring (bicyclic) bond motifs is 1. The maximum absolute atomic E-state index is 4.45. The van der Waals surface area contributed by atoms with Crippen LogP contribution in [-0.2, 0) is 0 Å². The molecule has 0 N–H and O–H groups in total. The van der Waals surface area contributed by atoms with Crippen LogP contribution in [0.15, 0.2) is 219 Å². The van der Waals surface area contributed by atoms with E-state index in [-0.39, 0.29) is 6.71 Å². The van der Waals surface area contributed by atoms with Crippen LogP contribution in [0.5, 0.6) is 0 Å². The van der Waals surface area contributed by atoms with E-state index in [4.69, 9.17) is 0 Å². The Bertz CT molecular complexity index is 2790. The van der Waals surface area contributed by atoms with Crippen LogP contribution >= 0.6 is 0 Å². The summed E-state index contributed by atoms with van der Waals surface area (Å²) >= 11 is 0.